The lowest BCUT2D eigenvalue weighted by atomic mass is 9.94. The van der Waals surface area contributed by atoms with Gasteiger partial charge in [-0.2, -0.15) is 0 Å². The van der Waals surface area contributed by atoms with Crippen molar-refractivity contribution < 1.29 is 4.79 Å². The summed E-state index contributed by atoms with van der Waals surface area (Å²) in [6.45, 7) is 7.59. The monoisotopic (exact) mass is 278 g/mol. The molecule has 3 nitrogen and oxygen atoms in total. The number of amides is 1. The summed E-state index contributed by atoms with van der Waals surface area (Å²) in [6, 6.07) is 0. The van der Waals surface area contributed by atoms with Gasteiger partial charge < -0.3 is 10.2 Å². The Kier molecular flexibility index (Phi) is 7.00. The normalized spacial score (nSPS) is 17.5. The maximum atomic E-state index is 11.9. The number of nitrogens with zero attached hydrogens (tertiary/aromatic N) is 1. The number of allylic oxidation sites excluding steroid dienone is 2. The molecule has 1 atom stereocenters. The van der Waals surface area contributed by atoms with Crippen LogP contribution in [0, 0.1) is 0 Å². The first-order chi connectivity index (χ1) is 9.50. The molecule has 0 radical (unpaired) electrons. The zero-order valence-electron chi connectivity index (χ0n) is 13.5. The van der Waals surface area contributed by atoms with Crippen molar-refractivity contribution in [1.29, 1.82) is 0 Å². The van der Waals surface area contributed by atoms with Gasteiger partial charge in [0.15, 0.2) is 0 Å². The number of likely N-dealkylation sites (N-methyl/N-ethyl adjacent to an activating group) is 1. The summed E-state index contributed by atoms with van der Waals surface area (Å²) in [7, 11) is 1.99. The third kappa shape index (κ3) is 5.49. The molecule has 0 saturated carbocycles. The van der Waals surface area contributed by atoms with Gasteiger partial charge in [0, 0.05) is 25.6 Å². The average molecular weight is 278 g/mol. The predicted molar refractivity (Wildman–Crippen MR) is 85.7 cm³/mol. The Morgan fingerprint density at radius 1 is 1.45 bits per heavy atom. The fraction of sp³-hybridized carbons (Fsp3) is 0.706. The SMILES string of the molecule is CCCCC(C)(CN(CC1=CCCC=C1)C(C)=O)NC. The summed E-state index contributed by atoms with van der Waals surface area (Å²) < 4.78 is 0. The van der Waals surface area contributed by atoms with Crippen LogP contribution >= 0.6 is 0 Å². The zero-order valence-corrected chi connectivity index (χ0v) is 13.5. The number of rotatable bonds is 8. The minimum Gasteiger partial charge on any atom is -0.337 e. The van der Waals surface area contributed by atoms with Crippen LogP contribution in [0.5, 0.6) is 0 Å². The van der Waals surface area contributed by atoms with Crippen LogP contribution in [0.2, 0.25) is 0 Å². The molecule has 1 aliphatic rings. The minimum atomic E-state index is 0.000616. The first-order valence-corrected chi connectivity index (χ1v) is 7.81. The average Bonchev–Trinajstić information content (AvgIpc) is 2.45. The summed E-state index contributed by atoms with van der Waals surface area (Å²) >= 11 is 0. The van der Waals surface area contributed by atoms with Gasteiger partial charge >= 0.3 is 0 Å². The van der Waals surface area contributed by atoms with Gasteiger partial charge in [-0.1, -0.05) is 38.0 Å². The van der Waals surface area contributed by atoms with Gasteiger partial charge in [-0.05, 0) is 38.8 Å². The molecule has 0 spiro atoms. The van der Waals surface area contributed by atoms with Gasteiger partial charge in [-0.25, -0.2) is 0 Å². The maximum absolute atomic E-state index is 11.9. The highest BCUT2D eigenvalue weighted by Gasteiger charge is 2.26. The van der Waals surface area contributed by atoms with Crippen molar-refractivity contribution in [1.82, 2.24) is 10.2 Å². The van der Waals surface area contributed by atoms with E-state index in [1.807, 2.05) is 11.9 Å². The summed E-state index contributed by atoms with van der Waals surface area (Å²) in [6.07, 6.45) is 12.3. The van der Waals surface area contributed by atoms with Gasteiger partial charge in [0.25, 0.3) is 0 Å². The maximum Gasteiger partial charge on any atom is 0.219 e. The van der Waals surface area contributed by atoms with Crippen LogP contribution in [0.4, 0.5) is 0 Å². The number of unbranched alkanes of at least 4 members (excludes halogenated alkanes) is 1. The van der Waals surface area contributed by atoms with Crippen molar-refractivity contribution in [2.24, 2.45) is 0 Å². The molecule has 0 fully saturated rings. The third-order valence-corrected chi connectivity index (χ3v) is 4.12. The van der Waals surface area contributed by atoms with Crippen LogP contribution in [0.25, 0.3) is 0 Å². The Morgan fingerprint density at radius 2 is 2.20 bits per heavy atom. The highest BCUT2D eigenvalue weighted by Crippen LogP contribution is 2.18. The standard InChI is InChI=1S/C17H30N2O/c1-5-6-12-17(3,18-4)14-19(15(2)20)13-16-10-8-7-9-11-16/h8,10-11,18H,5-7,9,12-14H2,1-4H3. The lowest BCUT2D eigenvalue weighted by Gasteiger charge is -2.35. The van der Waals surface area contributed by atoms with E-state index in [1.54, 1.807) is 6.92 Å². The lowest BCUT2D eigenvalue weighted by molar-refractivity contribution is -0.129. The van der Waals surface area contributed by atoms with E-state index in [-0.39, 0.29) is 11.4 Å². The molecular formula is C17H30N2O. The van der Waals surface area contributed by atoms with E-state index in [0.29, 0.717) is 0 Å². The molecule has 20 heavy (non-hydrogen) atoms. The Morgan fingerprint density at radius 3 is 2.70 bits per heavy atom. The lowest BCUT2D eigenvalue weighted by Crippen LogP contribution is -2.51. The fourth-order valence-electron chi connectivity index (χ4n) is 2.56. The van der Waals surface area contributed by atoms with Crippen LogP contribution < -0.4 is 5.32 Å². The van der Waals surface area contributed by atoms with Crippen LogP contribution in [0.15, 0.2) is 23.8 Å². The van der Waals surface area contributed by atoms with E-state index in [1.165, 1.54) is 18.4 Å². The van der Waals surface area contributed by atoms with Crippen molar-refractivity contribution in [2.45, 2.75) is 58.4 Å². The summed E-state index contributed by atoms with van der Waals surface area (Å²) in [5.74, 6) is 0.155. The highest BCUT2D eigenvalue weighted by atomic mass is 16.2. The molecule has 3 heteroatoms. The van der Waals surface area contributed by atoms with Crippen LogP contribution in [0.1, 0.15) is 52.9 Å². The van der Waals surface area contributed by atoms with Gasteiger partial charge in [-0.3, -0.25) is 4.79 Å². The molecule has 0 heterocycles. The molecule has 1 N–H and O–H groups in total. The van der Waals surface area contributed by atoms with Gasteiger partial charge in [-0.15, -0.1) is 0 Å². The number of hydrogen-bond donors (Lipinski definition) is 1. The number of carbonyl (C=O) groups is 1. The van der Waals surface area contributed by atoms with E-state index in [4.69, 9.17) is 0 Å². The van der Waals surface area contributed by atoms with E-state index in [2.05, 4.69) is 37.4 Å². The molecule has 0 aromatic rings. The van der Waals surface area contributed by atoms with Gasteiger partial charge in [0.2, 0.25) is 5.91 Å². The Bertz CT molecular complexity index is 373. The molecule has 114 valence electrons. The molecule has 0 bridgehead atoms. The van der Waals surface area contributed by atoms with E-state index in [0.717, 1.165) is 32.4 Å². The molecule has 1 rings (SSSR count). The van der Waals surface area contributed by atoms with Crippen molar-refractivity contribution in [2.75, 3.05) is 20.1 Å². The topological polar surface area (TPSA) is 32.3 Å². The quantitative estimate of drug-likeness (QED) is 0.739. The first-order valence-electron chi connectivity index (χ1n) is 7.81. The Hall–Kier alpha value is -1.09. The molecule has 0 aromatic carbocycles. The van der Waals surface area contributed by atoms with Crippen LogP contribution in [-0.2, 0) is 4.79 Å². The number of carbonyl (C=O) groups excluding carboxylic acids is 1. The minimum absolute atomic E-state index is 0.000616. The van der Waals surface area contributed by atoms with Crippen LogP contribution in [0.3, 0.4) is 0 Å². The summed E-state index contributed by atoms with van der Waals surface area (Å²) in [5, 5.41) is 3.40. The highest BCUT2D eigenvalue weighted by molar-refractivity contribution is 5.73. The summed E-state index contributed by atoms with van der Waals surface area (Å²) in [5.41, 5.74) is 1.26. The van der Waals surface area contributed by atoms with Crippen LogP contribution in [-0.4, -0.2) is 36.5 Å². The smallest absolute Gasteiger partial charge is 0.219 e. The van der Waals surface area contributed by atoms with E-state index < -0.39 is 0 Å². The molecule has 0 aromatic heterocycles. The summed E-state index contributed by atoms with van der Waals surface area (Å²) in [4.78, 5) is 13.9. The van der Waals surface area contributed by atoms with Crippen molar-refractivity contribution in [3.05, 3.63) is 23.8 Å². The molecule has 1 amide bonds. The van der Waals surface area contributed by atoms with Gasteiger partial charge in [0.1, 0.15) is 0 Å². The van der Waals surface area contributed by atoms with Crippen molar-refractivity contribution in [3.63, 3.8) is 0 Å². The number of nitrogens with one attached hydrogen (secondary N) is 1. The Labute approximate surface area is 124 Å². The predicted octanol–water partition coefficient (Wildman–Crippen LogP) is 3.28. The van der Waals surface area contributed by atoms with E-state index in [9.17, 15) is 4.79 Å². The largest absolute Gasteiger partial charge is 0.337 e. The second-order valence-corrected chi connectivity index (χ2v) is 6.05. The molecule has 1 unspecified atom stereocenters. The van der Waals surface area contributed by atoms with Crippen molar-refractivity contribution in [3.8, 4) is 0 Å². The molecule has 0 saturated heterocycles. The van der Waals surface area contributed by atoms with Crippen molar-refractivity contribution >= 4 is 5.91 Å². The molecule has 0 aliphatic heterocycles. The second kappa shape index (κ2) is 8.25. The first kappa shape index (κ1) is 17.0. The van der Waals surface area contributed by atoms with E-state index >= 15 is 0 Å². The zero-order chi connectivity index (χ0) is 15.0. The fourth-order valence-corrected chi connectivity index (χ4v) is 2.56. The Balaban J connectivity index is 2.67. The molecule has 1 aliphatic carbocycles. The second-order valence-electron chi connectivity index (χ2n) is 6.05. The van der Waals surface area contributed by atoms with Gasteiger partial charge in [0.05, 0.1) is 0 Å². The third-order valence-electron chi connectivity index (χ3n) is 4.12. The number of hydrogen-bond acceptors (Lipinski definition) is 2. The molecular weight excluding hydrogens is 248 g/mol.